The maximum absolute atomic E-state index is 11.6. The van der Waals surface area contributed by atoms with E-state index in [0.29, 0.717) is 26.1 Å². The molecule has 0 aromatic heterocycles. The van der Waals surface area contributed by atoms with Gasteiger partial charge < -0.3 is 0 Å². The Morgan fingerprint density at radius 1 is 0.630 bits per heavy atom. The molecule has 0 N–H and O–H groups in total. The number of unbranched alkanes of at least 4 members (excludes halogenated alkanes) is 10. The van der Waals surface area contributed by atoms with Crippen LogP contribution in [0.5, 0.6) is 0 Å². The summed E-state index contributed by atoms with van der Waals surface area (Å²) in [6.45, 7) is 5.50. The zero-order chi connectivity index (χ0) is 20.0. The molecule has 0 spiro atoms. The second-order valence-electron chi connectivity index (χ2n) is 6.96. The minimum atomic E-state index is -0.888. The number of rotatable bonds is 18. The van der Waals surface area contributed by atoms with Crippen LogP contribution in [0.25, 0.3) is 0 Å². The van der Waals surface area contributed by atoms with E-state index in [0.717, 1.165) is 25.7 Å². The molecule has 0 aromatic rings. The van der Waals surface area contributed by atoms with E-state index >= 15 is 0 Å². The molecule has 0 saturated carbocycles. The van der Waals surface area contributed by atoms with Gasteiger partial charge in [0.2, 0.25) is 0 Å². The Bertz CT molecular complexity index is 392. The van der Waals surface area contributed by atoms with Gasteiger partial charge >= 0.3 is 176 Å². The van der Waals surface area contributed by atoms with Crippen molar-refractivity contribution in [2.45, 2.75) is 104 Å². The fraction of sp³-hybridized carbons (Fsp3) is 0.818. The summed E-state index contributed by atoms with van der Waals surface area (Å²) in [5.74, 6) is -0.271. The minimum absolute atomic E-state index is 0.136. The molecule has 0 aromatic carbocycles. The van der Waals surface area contributed by atoms with Crippen LogP contribution in [0.4, 0.5) is 0 Å². The summed E-state index contributed by atoms with van der Waals surface area (Å²) in [5, 5.41) is 0. The maximum atomic E-state index is 11.6. The van der Waals surface area contributed by atoms with Gasteiger partial charge in [0.05, 0.1) is 0 Å². The fourth-order valence-electron chi connectivity index (χ4n) is 2.62. The van der Waals surface area contributed by atoms with Crippen LogP contribution in [0, 0.1) is 0 Å². The summed E-state index contributed by atoms with van der Waals surface area (Å²) >= 11 is -0.888. The molecule has 0 aliphatic carbocycles. The van der Waals surface area contributed by atoms with E-state index in [2.05, 4.69) is 13.8 Å². The van der Waals surface area contributed by atoms with Crippen molar-refractivity contribution in [1.29, 1.82) is 0 Å². The van der Waals surface area contributed by atoms with Crippen LogP contribution in [0.1, 0.15) is 104 Å². The van der Waals surface area contributed by atoms with Crippen molar-refractivity contribution in [3.8, 4) is 0 Å². The van der Waals surface area contributed by atoms with Crippen LogP contribution in [0.2, 0.25) is 0 Å². The van der Waals surface area contributed by atoms with Gasteiger partial charge in [-0.2, -0.15) is 0 Å². The van der Waals surface area contributed by atoms with Gasteiger partial charge in [-0.3, -0.25) is 0 Å². The summed E-state index contributed by atoms with van der Waals surface area (Å²) in [5.41, 5.74) is 0. The van der Waals surface area contributed by atoms with Crippen LogP contribution in [-0.4, -0.2) is 53.4 Å². The molecule has 5 heteroatoms. The van der Waals surface area contributed by atoms with E-state index in [1.165, 1.54) is 51.4 Å². The van der Waals surface area contributed by atoms with Crippen molar-refractivity contribution < 1.29 is 19.1 Å². The van der Waals surface area contributed by atoms with Crippen LogP contribution < -0.4 is 0 Å². The Hall–Kier alpha value is -0.521. The molecule has 156 valence electrons. The molecule has 0 aliphatic rings. The van der Waals surface area contributed by atoms with E-state index in [4.69, 9.17) is 9.47 Å². The number of ether oxygens (including phenoxy) is 2. The first-order valence-corrected chi connectivity index (χ1v) is 14.2. The number of carbonyl (C=O) groups is 2. The second-order valence-corrected chi connectivity index (χ2v) is 10.2. The Morgan fingerprint density at radius 3 is 1.41 bits per heavy atom. The third kappa shape index (κ3) is 21.6. The molecule has 0 unspecified atom stereocenters. The van der Waals surface area contributed by atoms with E-state index in [-0.39, 0.29) is 11.9 Å². The van der Waals surface area contributed by atoms with Crippen molar-refractivity contribution in [3.63, 3.8) is 0 Å². The Balaban J connectivity index is 3.53. The second kappa shape index (κ2) is 21.8. The molecular formula is C22H40O4Sn. The number of esters is 2. The molecule has 0 atom stereocenters. The molecular weight excluding hydrogens is 447 g/mol. The van der Waals surface area contributed by atoms with E-state index in [1.54, 1.807) is 0 Å². The van der Waals surface area contributed by atoms with Gasteiger partial charge in [-0.25, -0.2) is 0 Å². The first-order valence-electron chi connectivity index (χ1n) is 10.9. The molecule has 0 rings (SSSR count). The molecule has 0 amide bonds. The normalized spacial score (nSPS) is 10.1. The summed E-state index contributed by atoms with van der Waals surface area (Å²) in [7, 11) is 0. The van der Waals surface area contributed by atoms with Crippen molar-refractivity contribution in [2.75, 3.05) is 13.2 Å². The average Bonchev–Trinajstić information content (AvgIpc) is 2.66. The van der Waals surface area contributed by atoms with E-state index < -0.39 is 20.2 Å². The molecule has 27 heavy (non-hydrogen) atoms. The third-order valence-electron chi connectivity index (χ3n) is 4.30. The first kappa shape index (κ1) is 26.5. The Kier molecular flexibility index (Phi) is 21.4. The standard InChI is InChI=1S/2C11H20O2.Sn/c2*1-3-5-6-7-8-9-10-13-11(12)4-2;/h2*2H,3-10H2,1H3;. The van der Waals surface area contributed by atoms with Gasteiger partial charge in [-0.1, -0.05) is 0 Å². The first-order chi connectivity index (χ1) is 13.2. The topological polar surface area (TPSA) is 52.6 Å². The van der Waals surface area contributed by atoms with Crippen LogP contribution in [0.3, 0.4) is 0 Å². The van der Waals surface area contributed by atoms with Gasteiger partial charge in [0.15, 0.2) is 0 Å². The molecule has 0 heterocycles. The number of hydrogen-bond acceptors (Lipinski definition) is 4. The molecule has 0 saturated heterocycles. The Morgan fingerprint density at radius 2 is 1.00 bits per heavy atom. The quantitative estimate of drug-likeness (QED) is 0.157. The number of hydrogen-bond donors (Lipinski definition) is 0. The predicted octanol–water partition coefficient (Wildman–Crippen LogP) is 4.88. The number of carbonyl (C=O) groups excluding carboxylic acids is 2. The third-order valence-corrected chi connectivity index (χ3v) is 6.81. The zero-order valence-corrected chi connectivity index (χ0v) is 20.5. The van der Waals surface area contributed by atoms with Gasteiger partial charge in [-0.05, 0) is 0 Å². The molecule has 4 nitrogen and oxygen atoms in total. The molecule has 0 fully saturated rings. The van der Waals surface area contributed by atoms with Crippen molar-refractivity contribution >= 4 is 40.2 Å². The van der Waals surface area contributed by atoms with E-state index in [1.807, 2.05) is 8.04 Å². The average molecular weight is 487 g/mol. The van der Waals surface area contributed by atoms with Gasteiger partial charge in [0.25, 0.3) is 0 Å². The molecule has 0 bridgehead atoms. The zero-order valence-electron chi connectivity index (χ0n) is 17.6. The Labute approximate surface area is 176 Å². The predicted molar refractivity (Wildman–Crippen MR) is 116 cm³/mol. The molecule has 0 aliphatic heterocycles. The van der Waals surface area contributed by atoms with Crippen LogP contribution in [-0.2, 0) is 19.1 Å². The van der Waals surface area contributed by atoms with E-state index in [9.17, 15) is 9.59 Å². The van der Waals surface area contributed by atoms with Crippen molar-refractivity contribution in [2.24, 2.45) is 0 Å². The van der Waals surface area contributed by atoms with Gasteiger partial charge in [0, 0.05) is 0 Å². The van der Waals surface area contributed by atoms with Crippen molar-refractivity contribution in [3.05, 3.63) is 0 Å². The fourth-order valence-corrected chi connectivity index (χ4v) is 4.72. The summed E-state index contributed by atoms with van der Waals surface area (Å²) in [6, 6.07) is 0. The molecule has 0 radical (unpaired) electrons. The van der Waals surface area contributed by atoms with Crippen LogP contribution >= 0.6 is 0 Å². The summed E-state index contributed by atoms with van der Waals surface area (Å²) in [4.78, 5) is 23.2. The summed E-state index contributed by atoms with van der Waals surface area (Å²) in [6.07, 6.45) is 15.1. The van der Waals surface area contributed by atoms with Gasteiger partial charge in [-0.15, -0.1) is 0 Å². The van der Waals surface area contributed by atoms with Gasteiger partial charge in [0.1, 0.15) is 0 Å². The van der Waals surface area contributed by atoms with Crippen molar-refractivity contribution in [1.82, 2.24) is 0 Å². The SMILES string of the molecule is CCCCCCCCOC(=O)C[CH]=[Sn]=[CH]CC(=O)OCCCCCCCC. The van der Waals surface area contributed by atoms with Crippen LogP contribution in [0.15, 0.2) is 0 Å². The monoisotopic (exact) mass is 488 g/mol. The summed E-state index contributed by atoms with van der Waals surface area (Å²) < 4.78 is 14.5.